The lowest BCUT2D eigenvalue weighted by atomic mass is 9.91. The molecule has 1 saturated heterocycles. The topological polar surface area (TPSA) is 29.1 Å². The van der Waals surface area contributed by atoms with Gasteiger partial charge in [0.05, 0.1) is 0 Å². The van der Waals surface area contributed by atoms with Crippen molar-refractivity contribution in [3.05, 3.63) is 35.4 Å². The highest BCUT2D eigenvalue weighted by Crippen LogP contribution is 2.21. The first-order valence-electron chi connectivity index (χ1n) is 7.54. The molecule has 104 valence electrons. The maximum atomic E-state index is 12.2. The normalized spacial score (nSPS) is 21.1. The van der Waals surface area contributed by atoms with Crippen LogP contribution in [0, 0.1) is 5.92 Å². The minimum atomic E-state index is 0.296. The standard InChI is InChI=1S/C17H25NO/c1-3-13(2)15-6-8-16(9-7-15)17(19)11-14-5-4-10-18-12-14/h6-9,13-14,18H,3-5,10-12H2,1-2H3. The van der Waals surface area contributed by atoms with Crippen LogP contribution in [0.3, 0.4) is 0 Å². The molecule has 1 fully saturated rings. The Morgan fingerprint density at radius 2 is 2.11 bits per heavy atom. The molecule has 0 radical (unpaired) electrons. The van der Waals surface area contributed by atoms with E-state index in [0.717, 1.165) is 25.1 Å². The van der Waals surface area contributed by atoms with Gasteiger partial charge in [-0.15, -0.1) is 0 Å². The van der Waals surface area contributed by atoms with Crippen LogP contribution in [0.5, 0.6) is 0 Å². The zero-order valence-corrected chi connectivity index (χ0v) is 12.1. The van der Waals surface area contributed by atoms with Crippen LogP contribution in [0.15, 0.2) is 24.3 Å². The van der Waals surface area contributed by atoms with Gasteiger partial charge in [-0.25, -0.2) is 0 Å². The summed E-state index contributed by atoms with van der Waals surface area (Å²) in [4.78, 5) is 12.2. The fourth-order valence-electron chi connectivity index (χ4n) is 2.71. The first-order valence-corrected chi connectivity index (χ1v) is 7.54. The zero-order valence-electron chi connectivity index (χ0n) is 12.1. The van der Waals surface area contributed by atoms with Crippen molar-refractivity contribution in [1.82, 2.24) is 5.32 Å². The minimum absolute atomic E-state index is 0.296. The number of ketones is 1. The molecule has 1 N–H and O–H groups in total. The highest BCUT2D eigenvalue weighted by Gasteiger charge is 2.17. The van der Waals surface area contributed by atoms with Crippen LogP contribution in [0.1, 0.15) is 61.4 Å². The molecule has 1 aromatic rings. The molecule has 2 nitrogen and oxygen atoms in total. The fraction of sp³-hybridized carbons (Fsp3) is 0.588. The second-order valence-corrected chi connectivity index (χ2v) is 5.77. The Bertz CT molecular complexity index is 404. The average Bonchev–Trinajstić information content (AvgIpc) is 2.47. The predicted octanol–water partition coefficient (Wildman–Crippen LogP) is 3.77. The number of hydrogen-bond donors (Lipinski definition) is 1. The van der Waals surface area contributed by atoms with E-state index in [1.54, 1.807) is 0 Å². The molecule has 1 aromatic carbocycles. The van der Waals surface area contributed by atoms with Gasteiger partial charge in [-0.2, -0.15) is 0 Å². The first-order chi connectivity index (χ1) is 9.20. The van der Waals surface area contributed by atoms with Crippen molar-refractivity contribution in [3.8, 4) is 0 Å². The van der Waals surface area contributed by atoms with Crippen LogP contribution >= 0.6 is 0 Å². The molecular weight excluding hydrogens is 234 g/mol. The summed E-state index contributed by atoms with van der Waals surface area (Å²) in [7, 11) is 0. The van der Waals surface area contributed by atoms with Crippen LogP contribution in [0.25, 0.3) is 0 Å². The van der Waals surface area contributed by atoms with Gasteiger partial charge in [0, 0.05) is 12.0 Å². The lowest BCUT2D eigenvalue weighted by Crippen LogP contribution is -2.31. The van der Waals surface area contributed by atoms with Gasteiger partial charge >= 0.3 is 0 Å². The van der Waals surface area contributed by atoms with Gasteiger partial charge in [-0.05, 0) is 49.8 Å². The van der Waals surface area contributed by atoms with E-state index in [4.69, 9.17) is 0 Å². The summed E-state index contributed by atoms with van der Waals surface area (Å²) < 4.78 is 0. The number of nitrogens with one attached hydrogen (secondary N) is 1. The quantitative estimate of drug-likeness (QED) is 0.815. The number of piperidine rings is 1. The number of rotatable bonds is 5. The van der Waals surface area contributed by atoms with E-state index in [2.05, 4.69) is 31.3 Å². The van der Waals surface area contributed by atoms with Crippen LogP contribution < -0.4 is 5.32 Å². The highest BCUT2D eigenvalue weighted by atomic mass is 16.1. The van der Waals surface area contributed by atoms with Gasteiger partial charge in [0.25, 0.3) is 0 Å². The molecule has 0 bridgehead atoms. The second kappa shape index (κ2) is 6.85. The molecule has 0 spiro atoms. The van der Waals surface area contributed by atoms with Crippen molar-refractivity contribution in [1.29, 1.82) is 0 Å². The average molecular weight is 259 g/mol. The number of carbonyl (C=O) groups excluding carboxylic acids is 1. The first kappa shape index (κ1) is 14.3. The van der Waals surface area contributed by atoms with E-state index in [0.29, 0.717) is 24.0 Å². The Hall–Kier alpha value is -1.15. The van der Waals surface area contributed by atoms with Crippen LogP contribution in [-0.2, 0) is 0 Å². The molecular formula is C17H25NO. The summed E-state index contributed by atoms with van der Waals surface area (Å²) in [6.45, 7) is 6.52. The molecule has 0 amide bonds. The Morgan fingerprint density at radius 3 is 2.68 bits per heavy atom. The lowest BCUT2D eigenvalue weighted by molar-refractivity contribution is 0.0954. The Morgan fingerprint density at radius 1 is 1.37 bits per heavy atom. The Kier molecular flexibility index (Phi) is 5.15. The van der Waals surface area contributed by atoms with E-state index < -0.39 is 0 Å². The molecule has 19 heavy (non-hydrogen) atoms. The number of hydrogen-bond acceptors (Lipinski definition) is 2. The molecule has 0 aliphatic carbocycles. The van der Waals surface area contributed by atoms with Gasteiger partial charge in [0.15, 0.2) is 5.78 Å². The van der Waals surface area contributed by atoms with Crippen LogP contribution in [0.4, 0.5) is 0 Å². The van der Waals surface area contributed by atoms with Crippen LogP contribution in [0.2, 0.25) is 0 Å². The monoisotopic (exact) mass is 259 g/mol. The van der Waals surface area contributed by atoms with E-state index in [9.17, 15) is 4.79 Å². The van der Waals surface area contributed by atoms with Gasteiger partial charge < -0.3 is 5.32 Å². The number of benzene rings is 1. The molecule has 2 heteroatoms. The smallest absolute Gasteiger partial charge is 0.163 e. The second-order valence-electron chi connectivity index (χ2n) is 5.77. The van der Waals surface area contributed by atoms with Crippen LogP contribution in [-0.4, -0.2) is 18.9 Å². The predicted molar refractivity (Wildman–Crippen MR) is 79.7 cm³/mol. The van der Waals surface area contributed by atoms with Gasteiger partial charge in [0.2, 0.25) is 0 Å². The van der Waals surface area contributed by atoms with Crippen molar-refractivity contribution >= 4 is 5.78 Å². The van der Waals surface area contributed by atoms with E-state index >= 15 is 0 Å². The molecule has 1 heterocycles. The Labute approximate surface area is 116 Å². The minimum Gasteiger partial charge on any atom is -0.316 e. The zero-order chi connectivity index (χ0) is 13.7. The Balaban J connectivity index is 1.95. The van der Waals surface area contributed by atoms with E-state index in [-0.39, 0.29) is 0 Å². The molecule has 1 aliphatic heterocycles. The number of Topliss-reactive ketones (excluding diaryl/α,β-unsaturated/α-hetero) is 1. The third-order valence-electron chi connectivity index (χ3n) is 4.29. The molecule has 2 rings (SSSR count). The van der Waals surface area contributed by atoms with Gasteiger partial charge in [-0.3, -0.25) is 4.79 Å². The largest absolute Gasteiger partial charge is 0.316 e. The lowest BCUT2D eigenvalue weighted by Gasteiger charge is -2.22. The van der Waals surface area contributed by atoms with Crippen molar-refractivity contribution in [2.24, 2.45) is 5.92 Å². The van der Waals surface area contributed by atoms with Crippen molar-refractivity contribution < 1.29 is 4.79 Å². The molecule has 0 saturated carbocycles. The maximum absolute atomic E-state index is 12.2. The molecule has 2 atom stereocenters. The summed E-state index contributed by atoms with van der Waals surface area (Å²) in [6.07, 6.45) is 4.21. The summed E-state index contributed by atoms with van der Waals surface area (Å²) in [5.41, 5.74) is 2.20. The maximum Gasteiger partial charge on any atom is 0.163 e. The summed E-state index contributed by atoms with van der Waals surface area (Å²) in [6, 6.07) is 8.22. The molecule has 1 aliphatic rings. The third-order valence-corrected chi connectivity index (χ3v) is 4.29. The van der Waals surface area contributed by atoms with E-state index in [1.807, 2.05) is 12.1 Å². The van der Waals surface area contributed by atoms with Crippen molar-refractivity contribution in [3.63, 3.8) is 0 Å². The summed E-state index contributed by atoms with van der Waals surface area (Å²) in [5, 5.41) is 3.37. The third kappa shape index (κ3) is 3.90. The van der Waals surface area contributed by atoms with Gasteiger partial charge in [-0.1, -0.05) is 38.1 Å². The van der Waals surface area contributed by atoms with Gasteiger partial charge in [0.1, 0.15) is 0 Å². The summed E-state index contributed by atoms with van der Waals surface area (Å²) in [5.74, 6) is 1.39. The summed E-state index contributed by atoms with van der Waals surface area (Å²) >= 11 is 0. The van der Waals surface area contributed by atoms with Crippen molar-refractivity contribution in [2.75, 3.05) is 13.1 Å². The van der Waals surface area contributed by atoms with Crippen molar-refractivity contribution in [2.45, 2.75) is 45.4 Å². The number of carbonyl (C=O) groups is 1. The SMILES string of the molecule is CCC(C)c1ccc(C(=O)CC2CCCNC2)cc1. The molecule has 2 unspecified atom stereocenters. The van der Waals surface area contributed by atoms with E-state index in [1.165, 1.54) is 18.4 Å². The highest BCUT2D eigenvalue weighted by molar-refractivity contribution is 5.96. The molecule has 0 aromatic heterocycles. The fourth-order valence-corrected chi connectivity index (χ4v) is 2.71.